The molecule has 1 saturated heterocycles. The van der Waals surface area contributed by atoms with Crippen molar-refractivity contribution in [2.75, 3.05) is 13.1 Å². The molecule has 0 atom stereocenters. The number of rotatable bonds is 8. The SMILES string of the molecule is CCCCC=CN1CCN(C=CCCCC)C1=O. The van der Waals surface area contributed by atoms with E-state index in [9.17, 15) is 4.79 Å². The molecule has 2 amide bonds. The molecule has 0 radical (unpaired) electrons. The van der Waals surface area contributed by atoms with E-state index in [0.29, 0.717) is 0 Å². The maximum atomic E-state index is 12.0. The number of carbonyl (C=O) groups excluding carboxylic acids is 1. The molecule has 0 unspecified atom stereocenters. The standard InChI is InChI=1S/C15H26N2O/c1-3-5-7-9-11-16-13-14-17(15(16)18)12-10-8-6-4-2/h9-12H,3-8,13-14H2,1-2H3. The minimum atomic E-state index is 0.107. The van der Waals surface area contributed by atoms with Crippen molar-refractivity contribution in [1.82, 2.24) is 9.80 Å². The van der Waals surface area contributed by atoms with E-state index in [1.165, 1.54) is 25.7 Å². The summed E-state index contributed by atoms with van der Waals surface area (Å²) in [6, 6.07) is 0.107. The van der Waals surface area contributed by atoms with E-state index in [0.717, 1.165) is 25.9 Å². The number of amides is 2. The molecule has 0 aromatic carbocycles. The van der Waals surface area contributed by atoms with Crippen molar-refractivity contribution in [3.05, 3.63) is 24.6 Å². The Hall–Kier alpha value is -1.25. The Morgan fingerprint density at radius 3 is 1.78 bits per heavy atom. The summed E-state index contributed by atoms with van der Waals surface area (Å²) >= 11 is 0. The molecule has 0 aliphatic carbocycles. The van der Waals surface area contributed by atoms with Crippen molar-refractivity contribution in [2.24, 2.45) is 0 Å². The van der Waals surface area contributed by atoms with Gasteiger partial charge < -0.3 is 0 Å². The second kappa shape index (κ2) is 8.78. The van der Waals surface area contributed by atoms with Gasteiger partial charge in [0.2, 0.25) is 0 Å². The predicted molar refractivity (Wildman–Crippen MR) is 76.1 cm³/mol. The Morgan fingerprint density at radius 1 is 0.944 bits per heavy atom. The highest BCUT2D eigenvalue weighted by molar-refractivity contribution is 5.78. The summed E-state index contributed by atoms with van der Waals surface area (Å²) in [6.07, 6.45) is 15.0. The van der Waals surface area contributed by atoms with Crippen LogP contribution < -0.4 is 0 Å². The van der Waals surface area contributed by atoms with Gasteiger partial charge in [0.15, 0.2) is 0 Å². The number of carbonyl (C=O) groups is 1. The molecule has 0 saturated carbocycles. The molecule has 1 fully saturated rings. The average molecular weight is 250 g/mol. The number of allylic oxidation sites excluding steroid dienone is 2. The Bertz CT molecular complexity index is 269. The van der Waals surface area contributed by atoms with E-state index in [1.54, 1.807) is 9.80 Å². The van der Waals surface area contributed by atoms with Crippen LogP contribution in [0.1, 0.15) is 52.4 Å². The van der Waals surface area contributed by atoms with Gasteiger partial charge in [0, 0.05) is 25.5 Å². The Kier molecular flexibility index (Phi) is 7.23. The highest BCUT2D eigenvalue weighted by Crippen LogP contribution is 2.11. The average Bonchev–Trinajstić information content (AvgIpc) is 2.72. The first-order chi connectivity index (χ1) is 8.79. The lowest BCUT2D eigenvalue weighted by Gasteiger charge is -2.11. The van der Waals surface area contributed by atoms with Crippen LogP contribution in [0.3, 0.4) is 0 Å². The van der Waals surface area contributed by atoms with Gasteiger partial charge in [-0.05, 0) is 12.8 Å². The van der Waals surface area contributed by atoms with Gasteiger partial charge >= 0.3 is 6.03 Å². The van der Waals surface area contributed by atoms with Gasteiger partial charge in [-0.15, -0.1) is 0 Å². The lowest BCUT2D eigenvalue weighted by Crippen LogP contribution is -2.24. The fraction of sp³-hybridized carbons (Fsp3) is 0.667. The van der Waals surface area contributed by atoms with Crippen molar-refractivity contribution in [2.45, 2.75) is 52.4 Å². The third-order valence-corrected chi connectivity index (χ3v) is 3.09. The summed E-state index contributed by atoms with van der Waals surface area (Å²) in [5.41, 5.74) is 0. The molecule has 0 aromatic heterocycles. The summed E-state index contributed by atoms with van der Waals surface area (Å²) in [5.74, 6) is 0. The maximum Gasteiger partial charge on any atom is 0.328 e. The number of nitrogens with zero attached hydrogens (tertiary/aromatic N) is 2. The number of hydrogen-bond acceptors (Lipinski definition) is 1. The summed E-state index contributed by atoms with van der Waals surface area (Å²) in [5, 5.41) is 0. The van der Waals surface area contributed by atoms with Gasteiger partial charge in [0.05, 0.1) is 0 Å². The van der Waals surface area contributed by atoms with Crippen molar-refractivity contribution in [1.29, 1.82) is 0 Å². The Morgan fingerprint density at radius 2 is 1.39 bits per heavy atom. The normalized spacial score (nSPS) is 16.7. The van der Waals surface area contributed by atoms with Gasteiger partial charge in [0.25, 0.3) is 0 Å². The molecule has 1 aliphatic rings. The molecule has 0 N–H and O–H groups in total. The third kappa shape index (κ3) is 4.94. The summed E-state index contributed by atoms with van der Waals surface area (Å²) < 4.78 is 0. The molecule has 3 heteroatoms. The van der Waals surface area contributed by atoms with Crippen LogP contribution in [0.5, 0.6) is 0 Å². The summed E-state index contributed by atoms with van der Waals surface area (Å²) in [6.45, 7) is 5.97. The van der Waals surface area contributed by atoms with Gasteiger partial charge in [-0.2, -0.15) is 0 Å². The minimum Gasteiger partial charge on any atom is -0.299 e. The zero-order valence-electron chi connectivity index (χ0n) is 11.8. The summed E-state index contributed by atoms with van der Waals surface area (Å²) in [4.78, 5) is 15.6. The topological polar surface area (TPSA) is 23.6 Å². The molecule has 1 aliphatic heterocycles. The zero-order valence-corrected chi connectivity index (χ0v) is 11.8. The van der Waals surface area contributed by atoms with Gasteiger partial charge in [0.1, 0.15) is 0 Å². The fourth-order valence-electron chi connectivity index (χ4n) is 1.90. The Labute approximate surface area is 111 Å². The number of urea groups is 1. The van der Waals surface area contributed by atoms with E-state index in [4.69, 9.17) is 0 Å². The van der Waals surface area contributed by atoms with Crippen LogP contribution in [-0.4, -0.2) is 28.9 Å². The first kappa shape index (κ1) is 14.8. The van der Waals surface area contributed by atoms with E-state index >= 15 is 0 Å². The summed E-state index contributed by atoms with van der Waals surface area (Å²) in [7, 11) is 0. The first-order valence-corrected chi connectivity index (χ1v) is 7.20. The minimum absolute atomic E-state index is 0.107. The molecule has 0 aromatic rings. The van der Waals surface area contributed by atoms with Crippen LogP contribution in [0.25, 0.3) is 0 Å². The van der Waals surface area contributed by atoms with E-state index < -0.39 is 0 Å². The molecular formula is C15H26N2O. The van der Waals surface area contributed by atoms with Crippen molar-refractivity contribution < 1.29 is 4.79 Å². The monoisotopic (exact) mass is 250 g/mol. The Balaban J connectivity index is 2.32. The molecule has 18 heavy (non-hydrogen) atoms. The van der Waals surface area contributed by atoms with Crippen LogP contribution >= 0.6 is 0 Å². The molecule has 0 spiro atoms. The lowest BCUT2D eigenvalue weighted by molar-refractivity contribution is 0.213. The van der Waals surface area contributed by atoms with Gasteiger partial charge in [-0.3, -0.25) is 9.80 Å². The van der Waals surface area contributed by atoms with Crippen LogP contribution in [-0.2, 0) is 0 Å². The smallest absolute Gasteiger partial charge is 0.299 e. The largest absolute Gasteiger partial charge is 0.328 e. The van der Waals surface area contributed by atoms with Gasteiger partial charge in [-0.1, -0.05) is 51.7 Å². The lowest BCUT2D eigenvalue weighted by atomic mass is 10.2. The third-order valence-electron chi connectivity index (χ3n) is 3.09. The molecule has 102 valence electrons. The maximum absolute atomic E-state index is 12.0. The van der Waals surface area contributed by atoms with Crippen molar-refractivity contribution >= 4 is 6.03 Å². The van der Waals surface area contributed by atoms with Crippen molar-refractivity contribution in [3.63, 3.8) is 0 Å². The number of hydrogen-bond donors (Lipinski definition) is 0. The van der Waals surface area contributed by atoms with E-state index in [-0.39, 0.29) is 6.03 Å². The predicted octanol–water partition coefficient (Wildman–Crippen LogP) is 4.13. The molecule has 1 heterocycles. The first-order valence-electron chi connectivity index (χ1n) is 7.20. The zero-order chi connectivity index (χ0) is 13.2. The van der Waals surface area contributed by atoms with Crippen LogP contribution in [0.4, 0.5) is 4.79 Å². The fourth-order valence-corrected chi connectivity index (χ4v) is 1.90. The highest BCUT2D eigenvalue weighted by atomic mass is 16.2. The van der Waals surface area contributed by atoms with E-state index in [1.807, 2.05) is 12.4 Å². The van der Waals surface area contributed by atoms with Crippen LogP contribution in [0, 0.1) is 0 Å². The van der Waals surface area contributed by atoms with Crippen LogP contribution in [0.15, 0.2) is 24.6 Å². The molecule has 3 nitrogen and oxygen atoms in total. The second-order valence-corrected chi connectivity index (χ2v) is 4.72. The van der Waals surface area contributed by atoms with E-state index in [2.05, 4.69) is 26.0 Å². The van der Waals surface area contributed by atoms with Crippen molar-refractivity contribution in [3.8, 4) is 0 Å². The quantitative estimate of drug-likeness (QED) is 0.594. The van der Waals surface area contributed by atoms with Gasteiger partial charge in [-0.25, -0.2) is 4.79 Å². The highest BCUT2D eigenvalue weighted by Gasteiger charge is 2.24. The molecule has 0 bridgehead atoms. The van der Waals surface area contributed by atoms with Crippen LogP contribution in [0.2, 0.25) is 0 Å². The number of unbranched alkanes of at least 4 members (excludes halogenated alkanes) is 4. The molecular weight excluding hydrogens is 224 g/mol. The molecule has 1 rings (SSSR count). The second-order valence-electron chi connectivity index (χ2n) is 4.72.